The van der Waals surface area contributed by atoms with Crippen molar-refractivity contribution >= 4 is 31.7 Å². The highest BCUT2D eigenvalue weighted by atomic mass is 79.9. The van der Waals surface area contributed by atoms with Gasteiger partial charge in [-0.2, -0.15) is 0 Å². The first-order valence-corrected chi connectivity index (χ1v) is 8.00. The molecule has 0 amide bonds. The normalized spacial score (nSPS) is 11.5. The number of carboxylic acid groups (broad SMARTS) is 1. The molecule has 0 saturated carbocycles. The van der Waals surface area contributed by atoms with Crippen LogP contribution in [0, 0.1) is 6.92 Å². The maximum Gasteiger partial charge on any atom is 0.335 e. The monoisotopic (exact) mass is 334 g/mol. The van der Waals surface area contributed by atoms with Crippen LogP contribution in [0.5, 0.6) is 0 Å². The maximum atomic E-state index is 12.1. The van der Waals surface area contributed by atoms with Gasteiger partial charge in [-0.3, -0.25) is 0 Å². The quantitative estimate of drug-likeness (QED) is 0.898. The molecule has 0 aliphatic rings. The van der Waals surface area contributed by atoms with Crippen LogP contribution in [0.3, 0.4) is 0 Å². The van der Waals surface area contributed by atoms with E-state index in [2.05, 4.69) is 15.9 Å². The van der Waals surface area contributed by atoms with Crippen LogP contribution >= 0.6 is 15.9 Å². The molecular weight excluding hydrogens is 320 g/mol. The summed E-state index contributed by atoms with van der Waals surface area (Å²) >= 11 is 3.20. The van der Waals surface area contributed by atoms with E-state index in [0.29, 0.717) is 16.5 Å². The Kier molecular flexibility index (Phi) is 4.92. The van der Waals surface area contributed by atoms with Crippen LogP contribution in [0.2, 0.25) is 0 Å². The molecular formula is C12H15BrO4S. The number of hydrogen-bond acceptors (Lipinski definition) is 3. The van der Waals surface area contributed by atoms with Gasteiger partial charge in [0.25, 0.3) is 0 Å². The van der Waals surface area contributed by atoms with Gasteiger partial charge in [0.05, 0.1) is 16.2 Å². The Morgan fingerprint density at radius 1 is 1.39 bits per heavy atom. The van der Waals surface area contributed by atoms with Crippen LogP contribution in [-0.2, 0) is 9.84 Å². The molecule has 0 atom stereocenters. The van der Waals surface area contributed by atoms with Gasteiger partial charge in [0.1, 0.15) is 0 Å². The van der Waals surface area contributed by atoms with Gasteiger partial charge in [-0.15, -0.1) is 0 Å². The smallest absolute Gasteiger partial charge is 0.335 e. The third-order valence-electron chi connectivity index (χ3n) is 2.65. The topological polar surface area (TPSA) is 71.4 Å². The fourth-order valence-corrected chi connectivity index (χ4v) is 3.91. The highest BCUT2D eigenvalue weighted by Crippen LogP contribution is 2.27. The van der Waals surface area contributed by atoms with Crippen LogP contribution in [0.25, 0.3) is 0 Å². The molecule has 1 aromatic rings. The molecule has 0 radical (unpaired) electrons. The first-order valence-electron chi connectivity index (χ1n) is 5.55. The first-order chi connectivity index (χ1) is 8.29. The van der Waals surface area contributed by atoms with Crippen molar-refractivity contribution in [3.05, 3.63) is 27.7 Å². The largest absolute Gasteiger partial charge is 0.478 e. The van der Waals surface area contributed by atoms with Crippen molar-refractivity contribution in [1.82, 2.24) is 0 Å². The Balaban J connectivity index is 3.35. The van der Waals surface area contributed by atoms with E-state index < -0.39 is 15.8 Å². The van der Waals surface area contributed by atoms with Gasteiger partial charge in [-0.1, -0.05) is 29.3 Å². The zero-order chi connectivity index (χ0) is 13.9. The third kappa shape index (κ3) is 3.32. The Bertz CT molecular complexity index is 564. The summed E-state index contributed by atoms with van der Waals surface area (Å²) < 4.78 is 24.7. The number of benzene rings is 1. The summed E-state index contributed by atoms with van der Waals surface area (Å²) in [7, 11) is -3.42. The van der Waals surface area contributed by atoms with E-state index in [1.807, 2.05) is 6.92 Å². The fraction of sp³-hybridized carbons (Fsp3) is 0.417. The molecule has 1 N–H and O–H groups in total. The molecule has 18 heavy (non-hydrogen) atoms. The molecule has 1 rings (SSSR count). The van der Waals surface area contributed by atoms with Crippen molar-refractivity contribution in [3.63, 3.8) is 0 Å². The summed E-state index contributed by atoms with van der Waals surface area (Å²) in [6.45, 7) is 3.57. The van der Waals surface area contributed by atoms with Gasteiger partial charge in [0, 0.05) is 4.47 Å². The lowest BCUT2D eigenvalue weighted by molar-refractivity contribution is 0.0696. The lowest BCUT2D eigenvalue weighted by atomic mass is 10.1. The Labute approximate surface area is 115 Å². The molecule has 0 aromatic heterocycles. The van der Waals surface area contributed by atoms with Gasteiger partial charge >= 0.3 is 5.97 Å². The average Bonchev–Trinajstić information content (AvgIpc) is 2.29. The summed E-state index contributed by atoms with van der Waals surface area (Å²) in [5, 5.41) is 8.95. The molecule has 0 spiro atoms. The zero-order valence-corrected chi connectivity index (χ0v) is 12.6. The predicted octanol–water partition coefficient (Wildman–Crippen LogP) is 3.03. The summed E-state index contributed by atoms with van der Waals surface area (Å²) in [5.41, 5.74) is 0.527. The average molecular weight is 335 g/mol. The standard InChI is InChI=1S/C12H15BrO4S/c1-3-4-5-18(16,17)11-7-9(12(14)15)6-10(13)8(11)2/h6-7H,3-5H2,1-2H3,(H,14,15). The van der Waals surface area contributed by atoms with Crippen molar-refractivity contribution in [2.75, 3.05) is 5.75 Å². The van der Waals surface area contributed by atoms with Crippen LogP contribution in [0.15, 0.2) is 21.5 Å². The molecule has 4 nitrogen and oxygen atoms in total. The van der Waals surface area contributed by atoms with E-state index >= 15 is 0 Å². The van der Waals surface area contributed by atoms with Crippen molar-refractivity contribution < 1.29 is 18.3 Å². The van der Waals surface area contributed by atoms with Crippen LogP contribution < -0.4 is 0 Å². The zero-order valence-electron chi connectivity index (χ0n) is 10.2. The number of hydrogen-bond donors (Lipinski definition) is 1. The van der Waals surface area contributed by atoms with Gasteiger partial charge < -0.3 is 5.11 Å². The first kappa shape index (κ1) is 15.2. The molecule has 0 heterocycles. The Morgan fingerprint density at radius 3 is 2.50 bits per heavy atom. The molecule has 0 aliphatic heterocycles. The summed E-state index contributed by atoms with van der Waals surface area (Å²) in [4.78, 5) is 11.0. The van der Waals surface area contributed by atoms with Crippen molar-refractivity contribution in [1.29, 1.82) is 0 Å². The van der Waals surface area contributed by atoms with Gasteiger partial charge in [-0.05, 0) is 31.0 Å². The number of halogens is 1. The Hall–Kier alpha value is -0.880. The molecule has 0 unspecified atom stereocenters. The van der Waals surface area contributed by atoms with E-state index in [1.54, 1.807) is 6.92 Å². The maximum absolute atomic E-state index is 12.1. The van der Waals surface area contributed by atoms with E-state index in [1.165, 1.54) is 12.1 Å². The predicted molar refractivity (Wildman–Crippen MR) is 72.8 cm³/mol. The molecule has 0 saturated heterocycles. The van der Waals surface area contributed by atoms with Crippen molar-refractivity contribution in [2.45, 2.75) is 31.6 Å². The van der Waals surface area contributed by atoms with Crippen LogP contribution in [0.1, 0.15) is 35.7 Å². The van der Waals surface area contributed by atoms with Gasteiger partial charge in [0.15, 0.2) is 9.84 Å². The second-order valence-electron chi connectivity index (χ2n) is 4.06. The van der Waals surface area contributed by atoms with Crippen LogP contribution in [0.4, 0.5) is 0 Å². The lowest BCUT2D eigenvalue weighted by Crippen LogP contribution is -2.10. The SMILES string of the molecule is CCCCS(=O)(=O)c1cc(C(=O)O)cc(Br)c1C. The van der Waals surface area contributed by atoms with Gasteiger partial charge in [-0.25, -0.2) is 13.2 Å². The summed E-state index contributed by atoms with van der Waals surface area (Å²) in [6, 6.07) is 2.64. The number of rotatable bonds is 5. The van der Waals surface area contributed by atoms with E-state index in [4.69, 9.17) is 5.11 Å². The minimum atomic E-state index is -3.42. The molecule has 0 fully saturated rings. The minimum Gasteiger partial charge on any atom is -0.478 e. The second-order valence-corrected chi connectivity index (χ2v) is 6.99. The minimum absolute atomic E-state index is 0.0254. The third-order valence-corrected chi connectivity index (χ3v) is 5.39. The number of sulfone groups is 1. The molecule has 100 valence electrons. The fourth-order valence-electron chi connectivity index (χ4n) is 1.54. The molecule has 6 heteroatoms. The number of unbranched alkanes of at least 4 members (excludes halogenated alkanes) is 1. The lowest BCUT2D eigenvalue weighted by Gasteiger charge is -2.10. The number of carbonyl (C=O) groups is 1. The van der Waals surface area contributed by atoms with Gasteiger partial charge in [0.2, 0.25) is 0 Å². The van der Waals surface area contributed by atoms with E-state index in [9.17, 15) is 13.2 Å². The number of carboxylic acids is 1. The summed E-state index contributed by atoms with van der Waals surface area (Å²) in [6.07, 6.45) is 1.34. The molecule has 0 bridgehead atoms. The number of aromatic carboxylic acids is 1. The van der Waals surface area contributed by atoms with Crippen molar-refractivity contribution in [3.8, 4) is 0 Å². The molecule has 1 aromatic carbocycles. The van der Waals surface area contributed by atoms with Crippen LogP contribution in [-0.4, -0.2) is 25.2 Å². The van der Waals surface area contributed by atoms with E-state index in [0.717, 1.165) is 6.42 Å². The van der Waals surface area contributed by atoms with E-state index in [-0.39, 0.29) is 16.2 Å². The summed E-state index contributed by atoms with van der Waals surface area (Å²) in [5.74, 6) is -1.09. The Morgan fingerprint density at radius 2 is 2.00 bits per heavy atom. The molecule has 0 aliphatic carbocycles. The van der Waals surface area contributed by atoms with Crippen molar-refractivity contribution in [2.24, 2.45) is 0 Å². The second kappa shape index (κ2) is 5.84. The highest BCUT2D eigenvalue weighted by molar-refractivity contribution is 9.10. The highest BCUT2D eigenvalue weighted by Gasteiger charge is 2.20.